The molecule has 0 unspecified atom stereocenters. The Bertz CT molecular complexity index is 992. The van der Waals surface area contributed by atoms with Crippen molar-refractivity contribution in [2.45, 2.75) is 122 Å². The molecule has 12 N–H and O–H groups in total. The molecule has 0 aromatic carbocycles. The van der Waals surface area contributed by atoms with Crippen molar-refractivity contribution < 1.29 is 24.0 Å². The Kier molecular flexibility index (Phi) is 30.4. The maximum absolute atomic E-state index is 14.1. The third-order valence-electron chi connectivity index (χ3n) is 8.30. The van der Waals surface area contributed by atoms with Crippen LogP contribution in [0.3, 0.4) is 0 Å². The summed E-state index contributed by atoms with van der Waals surface area (Å²) in [7, 11) is 0. The van der Waals surface area contributed by atoms with Gasteiger partial charge in [-0.1, -0.05) is 51.0 Å². The number of hydrogen-bond donors (Lipinski definition) is 8. The van der Waals surface area contributed by atoms with Crippen LogP contribution in [0, 0.1) is 5.92 Å². The average molecular weight is 722 g/mol. The van der Waals surface area contributed by atoms with Gasteiger partial charge in [0.2, 0.25) is 29.5 Å². The van der Waals surface area contributed by atoms with Gasteiger partial charge < -0.3 is 49.1 Å². The van der Waals surface area contributed by atoms with E-state index in [1.165, 1.54) is 0 Å². The molecule has 14 nitrogen and oxygen atoms in total. The summed E-state index contributed by atoms with van der Waals surface area (Å²) in [6.45, 7) is 6.72. The van der Waals surface area contributed by atoms with Crippen LogP contribution in [0.2, 0.25) is 0 Å². The van der Waals surface area contributed by atoms with Gasteiger partial charge in [0.15, 0.2) is 0 Å². The molecule has 0 aromatic heterocycles. The van der Waals surface area contributed by atoms with E-state index in [1.54, 1.807) is 4.90 Å². The summed E-state index contributed by atoms with van der Waals surface area (Å²) in [5.41, 5.74) is 23.3. The van der Waals surface area contributed by atoms with E-state index < -0.39 is 18.0 Å². The fourth-order valence-electron chi connectivity index (χ4n) is 5.15. The van der Waals surface area contributed by atoms with Gasteiger partial charge in [-0.3, -0.25) is 24.0 Å². The van der Waals surface area contributed by atoms with Crippen molar-refractivity contribution in [1.29, 1.82) is 0 Å². The van der Waals surface area contributed by atoms with Crippen molar-refractivity contribution >= 4 is 29.5 Å². The molecule has 0 heterocycles. The Morgan fingerprint density at radius 2 is 1.04 bits per heavy atom. The molecule has 0 aliphatic heterocycles. The molecule has 0 aromatic rings. The van der Waals surface area contributed by atoms with E-state index in [2.05, 4.69) is 21.3 Å². The van der Waals surface area contributed by atoms with E-state index in [-0.39, 0.29) is 42.6 Å². The smallest absolute Gasteiger partial charge is 0.236 e. The van der Waals surface area contributed by atoms with E-state index in [1.807, 2.05) is 38.2 Å². The minimum atomic E-state index is -0.777. The SMILES string of the molecule is CC/C=C\CCC(=O)NCCCCN(CCCNC(=O)CC/C=C\CC)C(=O)C(CNC(=O)[C@@H](N)CCCCN)CNC(=O)[C@@H](N)CCCCN. The number of hydrogen-bond acceptors (Lipinski definition) is 9. The van der Waals surface area contributed by atoms with Crippen LogP contribution in [0.1, 0.15) is 110 Å². The molecule has 0 spiro atoms. The molecule has 0 fully saturated rings. The second-order valence-electron chi connectivity index (χ2n) is 12.9. The standard InChI is InChI=1S/C37H71N9O5/c1-3-5-7-9-20-33(47)42-24-15-16-26-46(27-17-25-43-34(48)21-10-8-6-4-2)37(51)30(28-44-35(49)31(40)18-11-13-22-38)29-45-36(50)32(41)19-12-14-23-39/h5-8,30-32H,3-4,9-29,38-41H2,1-2H3,(H,42,47)(H,43,48)(H,44,49)(H,45,50)/b7-5-,8-6-/t31-,32-/m0/s1. The van der Waals surface area contributed by atoms with Crippen LogP contribution in [-0.2, 0) is 24.0 Å². The zero-order valence-electron chi connectivity index (χ0n) is 31.6. The average Bonchev–Trinajstić information content (AvgIpc) is 3.12. The van der Waals surface area contributed by atoms with Gasteiger partial charge in [0.25, 0.3) is 0 Å². The Hall–Kier alpha value is -3.33. The van der Waals surface area contributed by atoms with Crippen molar-refractivity contribution in [2.75, 3.05) is 52.4 Å². The lowest BCUT2D eigenvalue weighted by atomic mass is 10.0. The quantitative estimate of drug-likeness (QED) is 0.0370. The molecule has 5 amide bonds. The Morgan fingerprint density at radius 1 is 0.588 bits per heavy atom. The summed E-state index contributed by atoms with van der Waals surface area (Å²) in [6, 6.07) is -1.49. The molecule has 0 radical (unpaired) electrons. The van der Waals surface area contributed by atoms with Gasteiger partial charge in [-0.25, -0.2) is 0 Å². The number of rotatable bonds is 32. The molecule has 0 aliphatic rings. The largest absolute Gasteiger partial charge is 0.356 e. The van der Waals surface area contributed by atoms with Crippen molar-refractivity contribution in [1.82, 2.24) is 26.2 Å². The van der Waals surface area contributed by atoms with E-state index in [0.29, 0.717) is 110 Å². The summed E-state index contributed by atoms with van der Waals surface area (Å²) in [4.78, 5) is 65.9. The molecule has 294 valence electrons. The van der Waals surface area contributed by atoms with Crippen LogP contribution in [-0.4, -0.2) is 98.9 Å². The highest BCUT2D eigenvalue weighted by molar-refractivity contribution is 5.85. The Labute approximate surface area is 307 Å². The first kappa shape index (κ1) is 47.7. The lowest BCUT2D eigenvalue weighted by Gasteiger charge is -2.29. The van der Waals surface area contributed by atoms with Gasteiger partial charge in [-0.2, -0.15) is 0 Å². The van der Waals surface area contributed by atoms with Crippen molar-refractivity contribution in [2.24, 2.45) is 28.9 Å². The molecule has 0 saturated heterocycles. The Balaban J connectivity index is 5.59. The number of allylic oxidation sites excluding steroid dienone is 4. The summed E-state index contributed by atoms with van der Waals surface area (Å²) < 4.78 is 0. The number of nitrogens with two attached hydrogens (primary N) is 4. The van der Waals surface area contributed by atoms with Crippen LogP contribution >= 0.6 is 0 Å². The van der Waals surface area contributed by atoms with Gasteiger partial charge in [0.1, 0.15) is 0 Å². The molecule has 0 saturated carbocycles. The molecule has 0 rings (SSSR count). The minimum absolute atomic E-state index is 0.0152. The summed E-state index contributed by atoms with van der Waals surface area (Å²) in [6.07, 6.45) is 17.8. The predicted octanol–water partition coefficient (Wildman–Crippen LogP) is 1.47. The van der Waals surface area contributed by atoms with Gasteiger partial charge >= 0.3 is 0 Å². The van der Waals surface area contributed by atoms with Crippen molar-refractivity contribution in [3.63, 3.8) is 0 Å². The minimum Gasteiger partial charge on any atom is -0.356 e. The van der Waals surface area contributed by atoms with Gasteiger partial charge in [-0.15, -0.1) is 0 Å². The van der Waals surface area contributed by atoms with Gasteiger partial charge in [0, 0.05) is 52.1 Å². The zero-order valence-corrected chi connectivity index (χ0v) is 31.6. The molecule has 51 heavy (non-hydrogen) atoms. The number of amides is 5. The maximum Gasteiger partial charge on any atom is 0.236 e. The molecule has 14 heteroatoms. The van der Waals surface area contributed by atoms with Gasteiger partial charge in [0.05, 0.1) is 18.0 Å². The molecular formula is C37H71N9O5. The summed E-state index contributed by atoms with van der Waals surface area (Å²) in [5.74, 6) is -1.84. The monoisotopic (exact) mass is 722 g/mol. The second-order valence-corrected chi connectivity index (χ2v) is 12.9. The van der Waals surface area contributed by atoms with Crippen LogP contribution < -0.4 is 44.2 Å². The lowest BCUT2D eigenvalue weighted by Crippen LogP contribution is -2.51. The normalized spacial score (nSPS) is 12.6. The number of carbonyl (C=O) groups is 5. The predicted molar refractivity (Wildman–Crippen MR) is 205 cm³/mol. The van der Waals surface area contributed by atoms with Crippen LogP contribution in [0.5, 0.6) is 0 Å². The second kappa shape index (κ2) is 32.6. The summed E-state index contributed by atoms with van der Waals surface area (Å²) >= 11 is 0. The maximum atomic E-state index is 14.1. The number of unbranched alkanes of at least 4 members (excludes halogenated alkanes) is 3. The molecule has 2 atom stereocenters. The van der Waals surface area contributed by atoms with E-state index in [9.17, 15) is 24.0 Å². The Morgan fingerprint density at radius 3 is 1.49 bits per heavy atom. The highest BCUT2D eigenvalue weighted by Gasteiger charge is 2.27. The van der Waals surface area contributed by atoms with Gasteiger partial charge in [-0.05, 0) is 83.7 Å². The van der Waals surface area contributed by atoms with Crippen LogP contribution in [0.25, 0.3) is 0 Å². The first-order valence-corrected chi connectivity index (χ1v) is 19.2. The summed E-state index contributed by atoms with van der Waals surface area (Å²) in [5, 5.41) is 11.5. The van der Waals surface area contributed by atoms with Crippen LogP contribution in [0.4, 0.5) is 0 Å². The molecule has 0 bridgehead atoms. The molecular weight excluding hydrogens is 650 g/mol. The highest BCUT2D eigenvalue weighted by Crippen LogP contribution is 2.08. The first-order chi connectivity index (χ1) is 24.6. The van der Waals surface area contributed by atoms with Crippen molar-refractivity contribution in [3.8, 4) is 0 Å². The number of carbonyl (C=O) groups excluding carboxylic acids is 5. The zero-order chi connectivity index (χ0) is 38.1. The fraction of sp³-hybridized carbons (Fsp3) is 0.757. The number of nitrogens with one attached hydrogen (secondary N) is 4. The third-order valence-corrected chi connectivity index (χ3v) is 8.30. The van der Waals surface area contributed by atoms with Crippen molar-refractivity contribution in [3.05, 3.63) is 24.3 Å². The fourth-order valence-corrected chi connectivity index (χ4v) is 5.15. The first-order valence-electron chi connectivity index (χ1n) is 19.2. The molecule has 0 aliphatic carbocycles. The topological polar surface area (TPSA) is 241 Å². The van der Waals surface area contributed by atoms with E-state index >= 15 is 0 Å². The third kappa shape index (κ3) is 26.2. The van der Waals surface area contributed by atoms with E-state index in [4.69, 9.17) is 22.9 Å². The lowest BCUT2D eigenvalue weighted by molar-refractivity contribution is -0.136. The van der Waals surface area contributed by atoms with Crippen LogP contribution in [0.15, 0.2) is 24.3 Å². The highest BCUT2D eigenvalue weighted by atomic mass is 16.2. The number of nitrogens with zero attached hydrogens (tertiary/aromatic N) is 1. The van der Waals surface area contributed by atoms with E-state index in [0.717, 1.165) is 25.7 Å².